The Morgan fingerprint density at radius 3 is 2.93 bits per heavy atom. The summed E-state index contributed by atoms with van der Waals surface area (Å²) in [5.41, 5.74) is 0.543. The van der Waals surface area contributed by atoms with E-state index in [2.05, 4.69) is 24.1 Å². The molecule has 2 fully saturated rings. The molecule has 2 rings (SSSR count). The third-order valence-corrected chi connectivity index (χ3v) is 4.24. The van der Waals surface area contributed by atoms with Crippen molar-refractivity contribution < 1.29 is 0 Å². The Balaban J connectivity index is 1.80. The average molecular weight is 210 g/mol. The molecule has 0 saturated carbocycles. The van der Waals surface area contributed by atoms with Crippen LogP contribution in [0.15, 0.2) is 0 Å². The number of hydrogen-bond donors (Lipinski definition) is 1. The van der Waals surface area contributed by atoms with Crippen molar-refractivity contribution in [1.29, 1.82) is 0 Å². The van der Waals surface area contributed by atoms with Gasteiger partial charge in [-0.05, 0) is 43.7 Å². The smallest absolute Gasteiger partial charge is 0.00476 e. The molecule has 2 unspecified atom stereocenters. The van der Waals surface area contributed by atoms with Crippen molar-refractivity contribution in [2.45, 2.75) is 39.5 Å². The van der Waals surface area contributed by atoms with E-state index in [1.807, 2.05) is 0 Å². The first-order valence-electron chi connectivity index (χ1n) is 6.65. The van der Waals surface area contributed by atoms with Crippen molar-refractivity contribution in [3.63, 3.8) is 0 Å². The van der Waals surface area contributed by atoms with E-state index in [9.17, 15) is 0 Å². The molecule has 0 aromatic rings. The maximum atomic E-state index is 3.55. The molecule has 2 heteroatoms. The largest absolute Gasteiger partial charge is 0.316 e. The molecule has 2 heterocycles. The van der Waals surface area contributed by atoms with Crippen LogP contribution in [-0.2, 0) is 0 Å². The molecule has 0 aromatic carbocycles. The van der Waals surface area contributed by atoms with E-state index in [0.717, 1.165) is 5.92 Å². The lowest BCUT2D eigenvalue weighted by molar-refractivity contribution is 0.149. The van der Waals surface area contributed by atoms with Gasteiger partial charge < -0.3 is 10.2 Å². The molecule has 2 aliphatic heterocycles. The highest BCUT2D eigenvalue weighted by Gasteiger charge is 2.31. The van der Waals surface area contributed by atoms with Gasteiger partial charge in [0.25, 0.3) is 0 Å². The molecule has 0 amide bonds. The second-order valence-electron chi connectivity index (χ2n) is 5.89. The fourth-order valence-electron chi connectivity index (χ4n) is 3.18. The third kappa shape index (κ3) is 2.94. The van der Waals surface area contributed by atoms with E-state index in [1.165, 1.54) is 58.4 Å². The van der Waals surface area contributed by atoms with Crippen molar-refractivity contribution in [2.24, 2.45) is 11.3 Å². The van der Waals surface area contributed by atoms with Gasteiger partial charge in [0.1, 0.15) is 0 Å². The molecule has 0 aromatic heterocycles. The summed E-state index contributed by atoms with van der Waals surface area (Å²) in [6.07, 6.45) is 5.57. The van der Waals surface area contributed by atoms with Crippen LogP contribution in [0.1, 0.15) is 39.5 Å². The zero-order valence-corrected chi connectivity index (χ0v) is 10.4. The van der Waals surface area contributed by atoms with Gasteiger partial charge in [-0.1, -0.05) is 20.3 Å². The van der Waals surface area contributed by atoms with Gasteiger partial charge in [0.15, 0.2) is 0 Å². The summed E-state index contributed by atoms with van der Waals surface area (Å²) in [6.45, 7) is 11.3. The highest BCUT2D eigenvalue weighted by molar-refractivity contribution is 4.87. The molecule has 2 saturated heterocycles. The third-order valence-electron chi connectivity index (χ3n) is 4.24. The SMILES string of the molecule is CCC1CCN(CC2(C)CCCNC2)C1. The van der Waals surface area contributed by atoms with Crippen LogP contribution in [0.3, 0.4) is 0 Å². The first-order chi connectivity index (χ1) is 7.22. The maximum absolute atomic E-state index is 3.55. The zero-order valence-electron chi connectivity index (χ0n) is 10.4. The minimum absolute atomic E-state index is 0.543. The first-order valence-corrected chi connectivity index (χ1v) is 6.65. The minimum atomic E-state index is 0.543. The van der Waals surface area contributed by atoms with Gasteiger partial charge in [0.05, 0.1) is 0 Å². The fourth-order valence-corrected chi connectivity index (χ4v) is 3.18. The zero-order chi connectivity index (χ0) is 10.7. The summed E-state index contributed by atoms with van der Waals surface area (Å²) in [5.74, 6) is 0.977. The molecule has 0 spiro atoms. The summed E-state index contributed by atoms with van der Waals surface area (Å²) >= 11 is 0. The topological polar surface area (TPSA) is 15.3 Å². The molecule has 1 N–H and O–H groups in total. The lowest BCUT2D eigenvalue weighted by atomic mass is 9.82. The Morgan fingerprint density at radius 1 is 1.47 bits per heavy atom. The van der Waals surface area contributed by atoms with E-state index in [4.69, 9.17) is 0 Å². The molecule has 0 aliphatic carbocycles. The summed E-state index contributed by atoms with van der Waals surface area (Å²) in [7, 11) is 0. The molecule has 2 atom stereocenters. The van der Waals surface area contributed by atoms with Gasteiger partial charge in [0.2, 0.25) is 0 Å². The van der Waals surface area contributed by atoms with Gasteiger partial charge in [-0.25, -0.2) is 0 Å². The van der Waals surface area contributed by atoms with Gasteiger partial charge in [-0.15, -0.1) is 0 Å². The molecular weight excluding hydrogens is 184 g/mol. The van der Waals surface area contributed by atoms with Crippen LogP contribution in [0.2, 0.25) is 0 Å². The lowest BCUT2D eigenvalue weighted by Crippen LogP contribution is -2.45. The highest BCUT2D eigenvalue weighted by atomic mass is 15.2. The highest BCUT2D eigenvalue weighted by Crippen LogP contribution is 2.29. The van der Waals surface area contributed by atoms with Crippen molar-refractivity contribution in [2.75, 3.05) is 32.7 Å². The van der Waals surface area contributed by atoms with Crippen molar-refractivity contribution in [3.05, 3.63) is 0 Å². The molecule has 88 valence electrons. The summed E-state index contributed by atoms with van der Waals surface area (Å²) < 4.78 is 0. The van der Waals surface area contributed by atoms with Crippen LogP contribution in [-0.4, -0.2) is 37.6 Å². The van der Waals surface area contributed by atoms with E-state index in [-0.39, 0.29) is 0 Å². The molecule has 2 nitrogen and oxygen atoms in total. The van der Waals surface area contributed by atoms with Crippen LogP contribution >= 0.6 is 0 Å². The minimum Gasteiger partial charge on any atom is -0.316 e. The maximum Gasteiger partial charge on any atom is 0.00476 e. The van der Waals surface area contributed by atoms with E-state index >= 15 is 0 Å². The van der Waals surface area contributed by atoms with Crippen LogP contribution < -0.4 is 5.32 Å². The molecule has 0 radical (unpaired) electrons. The number of rotatable bonds is 3. The summed E-state index contributed by atoms with van der Waals surface area (Å²) in [4.78, 5) is 2.70. The van der Waals surface area contributed by atoms with Crippen molar-refractivity contribution in [3.8, 4) is 0 Å². The van der Waals surface area contributed by atoms with E-state index < -0.39 is 0 Å². The summed E-state index contributed by atoms with van der Waals surface area (Å²) in [5, 5.41) is 3.55. The number of hydrogen-bond acceptors (Lipinski definition) is 2. The fraction of sp³-hybridized carbons (Fsp3) is 1.00. The Hall–Kier alpha value is -0.0800. The van der Waals surface area contributed by atoms with Crippen molar-refractivity contribution >= 4 is 0 Å². The number of likely N-dealkylation sites (tertiary alicyclic amines) is 1. The normalized spacial score (nSPS) is 38.4. The molecular formula is C13H26N2. The quantitative estimate of drug-likeness (QED) is 0.767. The number of piperidine rings is 1. The lowest BCUT2D eigenvalue weighted by Gasteiger charge is -2.37. The van der Waals surface area contributed by atoms with Crippen LogP contribution in [0.4, 0.5) is 0 Å². The van der Waals surface area contributed by atoms with Crippen LogP contribution in [0.25, 0.3) is 0 Å². The number of nitrogens with zero attached hydrogens (tertiary/aromatic N) is 1. The number of nitrogens with one attached hydrogen (secondary N) is 1. The molecule has 2 aliphatic rings. The van der Waals surface area contributed by atoms with Gasteiger partial charge >= 0.3 is 0 Å². The Morgan fingerprint density at radius 2 is 2.33 bits per heavy atom. The van der Waals surface area contributed by atoms with Crippen LogP contribution in [0.5, 0.6) is 0 Å². The molecule has 15 heavy (non-hydrogen) atoms. The Kier molecular flexibility index (Phi) is 3.68. The predicted molar refractivity (Wildman–Crippen MR) is 65.0 cm³/mol. The molecule has 0 bridgehead atoms. The Bertz CT molecular complexity index is 197. The van der Waals surface area contributed by atoms with E-state index in [1.54, 1.807) is 0 Å². The van der Waals surface area contributed by atoms with E-state index in [0.29, 0.717) is 5.41 Å². The standard InChI is InChI=1S/C13H26N2/c1-3-12-5-8-15(9-12)11-13(2)6-4-7-14-10-13/h12,14H,3-11H2,1-2H3. The first kappa shape index (κ1) is 11.4. The summed E-state index contributed by atoms with van der Waals surface area (Å²) in [6, 6.07) is 0. The van der Waals surface area contributed by atoms with Crippen LogP contribution in [0, 0.1) is 11.3 Å². The second-order valence-corrected chi connectivity index (χ2v) is 5.89. The monoisotopic (exact) mass is 210 g/mol. The van der Waals surface area contributed by atoms with Gasteiger partial charge in [-0.2, -0.15) is 0 Å². The Labute approximate surface area is 94.4 Å². The van der Waals surface area contributed by atoms with Gasteiger partial charge in [0, 0.05) is 19.6 Å². The van der Waals surface area contributed by atoms with Gasteiger partial charge in [-0.3, -0.25) is 0 Å². The average Bonchev–Trinajstić information content (AvgIpc) is 2.66. The van der Waals surface area contributed by atoms with Crippen molar-refractivity contribution in [1.82, 2.24) is 10.2 Å². The second kappa shape index (κ2) is 4.84. The predicted octanol–water partition coefficient (Wildman–Crippen LogP) is 2.11.